The van der Waals surface area contributed by atoms with E-state index in [9.17, 15) is 14.4 Å². The van der Waals surface area contributed by atoms with Crippen molar-refractivity contribution in [2.75, 3.05) is 0 Å². The number of amides is 2. The van der Waals surface area contributed by atoms with E-state index in [0.717, 1.165) is 10.1 Å². The molecule has 0 atom stereocenters. The molecule has 0 aliphatic carbocycles. The quantitative estimate of drug-likeness (QED) is 0.602. The molecule has 21 heavy (non-hydrogen) atoms. The molecule has 3 aliphatic heterocycles. The average Bonchev–Trinajstić information content (AvgIpc) is 2.97. The van der Waals surface area contributed by atoms with Crippen molar-refractivity contribution in [3.05, 3.63) is 40.7 Å². The van der Waals surface area contributed by atoms with Gasteiger partial charge in [0.1, 0.15) is 11.1 Å². The third kappa shape index (κ3) is 1.55. The Morgan fingerprint density at radius 2 is 1.81 bits per heavy atom. The lowest BCUT2D eigenvalue weighted by Crippen LogP contribution is -2.31. The molecule has 8 nitrogen and oxygen atoms in total. The average molecular weight is 284 g/mol. The molecule has 0 aromatic heterocycles. The largest absolute Gasteiger partial charge is 0.436 e. The van der Waals surface area contributed by atoms with E-state index in [4.69, 9.17) is 4.42 Å². The molecular formula is C13H8N4O4. The summed E-state index contributed by atoms with van der Waals surface area (Å²) in [5.74, 6) is -1.17. The number of aromatic nitrogens is 2. The van der Waals surface area contributed by atoms with E-state index >= 15 is 0 Å². The standard InChI is InChI=1S/C13H8N4O4/c18-10-9(11(19)15-14-10)17-13(20)7-5-6-3-1-2-4-8(6)21-12(7)16-17/h1-5,9H,(H,14,18)(H,15,19). The number of hydrogen-bond acceptors (Lipinski definition) is 5. The molecule has 2 N–H and O–H groups in total. The van der Waals surface area contributed by atoms with Gasteiger partial charge < -0.3 is 4.42 Å². The number of fused-ring (bicyclic) bond motifs is 2. The van der Waals surface area contributed by atoms with Crippen LogP contribution in [-0.4, -0.2) is 21.6 Å². The first-order chi connectivity index (χ1) is 10.1. The summed E-state index contributed by atoms with van der Waals surface area (Å²) in [7, 11) is 0. The van der Waals surface area contributed by atoms with Gasteiger partial charge >= 0.3 is 0 Å². The summed E-state index contributed by atoms with van der Waals surface area (Å²) in [6.07, 6.45) is 0. The first-order valence-corrected chi connectivity index (χ1v) is 6.16. The first-order valence-electron chi connectivity index (χ1n) is 6.16. The number of nitrogens with one attached hydrogen (secondary N) is 2. The Morgan fingerprint density at radius 3 is 2.57 bits per heavy atom. The van der Waals surface area contributed by atoms with Crippen molar-refractivity contribution >= 4 is 22.8 Å². The molecule has 1 aromatic rings. The third-order valence-electron chi connectivity index (χ3n) is 3.34. The smallest absolute Gasteiger partial charge is 0.280 e. The van der Waals surface area contributed by atoms with Gasteiger partial charge in [0.25, 0.3) is 17.4 Å². The topological polar surface area (TPSA) is 106 Å². The molecule has 104 valence electrons. The lowest BCUT2D eigenvalue weighted by atomic mass is 10.2. The summed E-state index contributed by atoms with van der Waals surface area (Å²) in [4.78, 5) is 35.6. The van der Waals surface area contributed by atoms with Crippen LogP contribution in [0.3, 0.4) is 0 Å². The molecule has 1 aromatic carbocycles. The molecule has 1 saturated heterocycles. The predicted octanol–water partition coefficient (Wildman–Crippen LogP) is -0.204. The van der Waals surface area contributed by atoms with Gasteiger partial charge in [-0.3, -0.25) is 25.2 Å². The zero-order valence-electron chi connectivity index (χ0n) is 10.5. The molecule has 0 spiro atoms. The van der Waals surface area contributed by atoms with Crippen LogP contribution in [0.2, 0.25) is 0 Å². The maximum absolute atomic E-state index is 12.3. The fourth-order valence-corrected chi connectivity index (χ4v) is 2.34. The van der Waals surface area contributed by atoms with E-state index < -0.39 is 23.4 Å². The zero-order valence-corrected chi connectivity index (χ0v) is 10.5. The highest BCUT2D eigenvalue weighted by Crippen LogP contribution is 2.25. The summed E-state index contributed by atoms with van der Waals surface area (Å²) >= 11 is 0. The number of hydrazine groups is 1. The van der Waals surface area contributed by atoms with Crippen molar-refractivity contribution in [1.29, 1.82) is 0 Å². The van der Waals surface area contributed by atoms with Crippen LogP contribution in [0.5, 0.6) is 0 Å². The van der Waals surface area contributed by atoms with E-state index in [0.29, 0.717) is 5.58 Å². The molecule has 8 heteroatoms. The van der Waals surface area contributed by atoms with Crippen molar-refractivity contribution in [2.45, 2.75) is 6.04 Å². The SMILES string of the molecule is O=C1NNC(=O)C1n1nc2oc3ccccc3cc-2c1=O. The summed E-state index contributed by atoms with van der Waals surface area (Å²) in [5.41, 5.74) is 4.55. The van der Waals surface area contributed by atoms with Crippen LogP contribution in [0.1, 0.15) is 6.04 Å². The van der Waals surface area contributed by atoms with Crippen LogP contribution >= 0.6 is 0 Å². The van der Waals surface area contributed by atoms with Crippen molar-refractivity contribution in [3.8, 4) is 11.5 Å². The van der Waals surface area contributed by atoms with E-state index in [-0.39, 0.29) is 11.5 Å². The first kappa shape index (κ1) is 11.6. The fraction of sp³-hybridized carbons (Fsp3) is 0.0769. The van der Waals surface area contributed by atoms with E-state index in [1.54, 1.807) is 24.3 Å². The Bertz CT molecular complexity index is 909. The van der Waals surface area contributed by atoms with Crippen LogP contribution in [0.4, 0.5) is 0 Å². The number of rotatable bonds is 1. The lowest BCUT2D eigenvalue weighted by molar-refractivity contribution is -0.127. The maximum atomic E-state index is 12.3. The van der Waals surface area contributed by atoms with Gasteiger partial charge in [0.15, 0.2) is 0 Å². The highest BCUT2D eigenvalue weighted by molar-refractivity contribution is 6.07. The minimum Gasteiger partial charge on any atom is -0.436 e. The molecular weight excluding hydrogens is 276 g/mol. The van der Waals surface area contributed by atoms with Gasteiger partial charge in [-0.15, -0.1) is 5.10 Å². The van der Waals surface area contributed by atoms with Gasteiger partial charge in [-0.25, -0.2) is 4.68 Å². The molecule has 0 unspecified atom stereocenters. The monoisotopic (exact) mass is 284 g/mol. The molecule has 4 rings (SSSR count). The molecule has 3 aliphatic rings. The maximum Gasteiger partial charge on any atom is 0.280 e. The Hall–Kier alpha value is -3.16. The Balaban J connectivity index is 2.00. The molecule has 3 heterocycles. The molecule has 0 saturated carbocycles. The number of nitrogens with zero attached hydrogens (tertiary/aromatic N) is 2. The van der Waals surface area contributed by atoms with Crippen molar-refractivity contribution < 1.29 is 14.0 Å². The highest BCUT2D eigenvalue weighted by Gasteiger charge is 2.38. The van der Waals surface area contributed by atoms with Crippen LogP contribution in [0.15, 0.2) is 39.5 Å². The van der Waals surface area contributed by atoms with Crippen molar-refractivity contribution in [2.24, 2.45) is 0 Å². The fourth-order valence-electron chi connectivity index (χ4n) is 2.34. The van der Waals surface area contributed by atoms with Gasteiger partial charge in [-0.2, -0.15) is 0 Å². The lowest BCUT2D eigenvalue weighted by Gasteiger charge is -2.00. The number of para-hydroxylation sites is 1. The molecule has 2 amide bonds. The minimum absolute atomic E-state index is 0.0891. The van der Waals surface area contributed by atoms with E-state index in [1.165, 1.54) is 0 Å². The van der Waals surface area contributed by atoms with E-state index in [2.05, 4.69) is 16.0 Å². The van der Waals surface area contributed by atoms with Crippen LogP contribution in [0, 0.1) is 0 Å². The van der Waals surface area contributed by atoms with Gasteiger partial charge in [0.05, 0.1) is 0 Å². The van der Waals surface area contributed by atoms with Crippen LogP contribution in [-0.2, 0) is 9.59 Å². The van der Waals surface area contributed by atoms with Gasteiger partial charge in [-0.1, -0.05) is 18.2 Å². The second-order valence-corrected chi connectivity index (χ2v) is 4.63. The molecule has 1 fully saturated rings. The molecule has 0 bridgehead atoms. The zero-order chi connectivity index (χ0) is 14.6. The number of benzene rings is 1. The van der Waals surface area contributed by atoms with Gasteiger partial charge in [-0.05, 0) is 12.1 Å². The molecule has 0 radical (unpaired) electrons. The van der Waals surface area contributed by atoms with E-state index in [1.807, 2.05) is 6.07 Å². The van der Waals surface area contributed by atoms with Gasteiger partial charge in [0.2, 0.25) is 11.9 Å². The van der Waals surface area contributed by atoms with Crippen LogP contribution < -0.4 is 16.4 Å². The summed E-state index contributed by atoms with van der Waals surface area (Å²) in [6, 6.07) is 7.46. The summed E-state index contributed by atoms with van der Waals surface area (Å²) in [6.45, 7) is 0. The van der Waals surface area contributed by atoms with Crippen molar-refractivity contribution in [3.63, 3.8) is 0 Å². The Kier molecular flexibility index (Phi) is 2.17. The highest BCUT2D eigenvalue weighted by atomic mass is 16.3. The van der Waals surface area contributed by atoms with Gasteiger partial charge in [0, 0.05) is 5.39 Å². The number of hydrogen-bond donors (Lipinski definition) is 2. The minimum atomic E-state index is -1.32. The Labute approximate surface area is 116 Å². The number of carbonyl (C=O) groups is 2. The van der Waals surface area contributed by atoms with Crippen LogP contribution in [0.25, 0.3) is 22.4 Å². The second kappa shape index (κ2) is 3.92. The predicted molar refractivity (Wildman–Crippen MR) is 70.2 cm³/mol. The number of carbonyl (C=O) groups excluding carboxylic acids is 2. The summed E-state index contributed by atoms with van der Waals surface area (Å²) < 4.78 is 6.38. The summed E-state index contributed by atoms with van der Waals surface area (Å²) in [5, 5.41) is 4.70. The van der Waals surface area contributed by atoms with Crippen molar-refractivity contribution in [1.82, 2.24) is 20.6 Å². The Morgan fingerprint density at radius 1 is 1.10 bits per heavy atom. The third-order valence-corrected chi connectivity index (χ3v) is 3.34. The second-order valence-electron chi connectivity index (χ2n) is 4.63. The normalized spacial score (nSPS) is 15.6.